The van der Waals surface area contributed by atoms with Crippen molar-refractivity contribution in [3.8, 4) is 11.5 Å². The molecule has 34 heavy (non-hydrogen) atoms. The number of methoxy groups -OCH3 is 2. The summed E-state index contributed by atoms with van der Waals surface area (Å²) in [6.45, 7) is 2.50. The number of anilines is 1. The van der Waals surface area contributed by atoms with Crippen LogP contribution in [0.15, 0.2) is 46.0 Å². The summed E-state index contributed by atoms with van der Waals surface area (Å²) in [5.74, 6) is -1.33. The third-order valence-electron chi connectivity index (χ3n) is 4.30. The van der Waals surface area contributed by atoms with Gasteiger partial charge in [0, 0.05) is 25.9 Å². The summed E-state index contributed by atoms with van der Waals surface area (Å²) >= 11 is 3.39. The molecule has 182 valence electrons. The molecular formula is C23H27BrN4O6. The van der Waals surface area contributed by atoms with Gasteiger partial charge in [-0.2, -0.15) is 5.10 Å². The van der Waals surface area contributed by atoms with Crippen LogP contribution < -0.4 is 25.5 Å². The van der Waals surface area contributed by atoms with Gasteiger partial charge in [-0.15, -0.1) is 0 Å². The monoisotopic (exact) mass is 534 g/mol. The lowest BCUT2D eigenvalue weighted by atomic mass is 10.2. The van der Waals surface area contributed by atoms with Crippen LogP contribution in [-0.4, -0.2) is 57.9 Å². The Bertz CT molecular complexity index is 1040. The highest BCUT2D eigenvalue weighted by Gasteiger charge is 2.14. The second-order valence-electron chi connectivity index (χ2n) is 7.04. The first-order chi connectivity index (χ1) is 16.3. The van der Waals surface area contributed by atoms with Crippen LogP contribution in [0.1, 0.15) is 17.5 Å². The van der Waals surface area contributed by atoms with Crippen molar-refractivity contribution in [2.24, 2.45) is 5.10 Å². The zero-order valence-corrected chi connectivity index (χ0v) is 20.7. The van der Waals surface area contributed by atoms with Gasteiger partial charge in [-0.25, -0.2) is 5.43 Å². The standard InChI is InChI=1S/C23H27BrN4O6/c1-15-6-4-7-17(10-15)27-20(29)14-34-21-18(24)11-16(12-19(21)33-3)13-26-28-23(31)22(30)25-8-5-9-32-2/h4,6-7,10-13H,5,8-9,14H2,1-3H3,(H,25,30)(H,27,29)(H,28,31)/b26-13-. The van der Waals surface area contributed by atoms with E-state index in [1.54, 1.807) is 25.3 Å². The first kappa shape index (κ1) is 26.8. The van der Waals surface area contributed by atoms with Gasteiger partial charge in [-0.1, -0.05) is 12.1 Å². The summed E-state index contributed by atoms with van der Waals surface area (Å²) in [7, 11) is 3.01. The molecule has 0 aromatic heterocycles. The maximum Gasteiger partial charge on any atom is 0.329 e. The fourth-order valence-corrected chi connectivity index (χ4v) is 3.30. The van der Waals surface area contributed by atoms with Crippen molar-refractivity contribution in [1.29, 1.82) is 0 Å². The Morgan fingerprint density at radius 3 is 2.62 bits per heavy atom. The smallest absolute Gasteiger partial charge is 0.329 e. The van der Waals surface area contributed by atoms with E-state index < -0.39 is 11.8 Å². The average molecular weight is 535 g/mol. The lowest BCUT2D eigenvalue weighted by molar-refractivity contribution is -0.139. The summed E-state index contributed by atoms with van der Waals surface area (Å²) < 4.78 is 16.4. The SMILES string of the molecule is COCCCNC(=O)C(=O)N/N=C\c1cc(Br)c(OCC(=O)Nc2cccc(C)c2)c(OC)c1. The maximum absolute atomic E-state index is 12.2. The summed E-state index contributed by atoms with van der Waals surface area (Å²) in [4.78, 5) is 35.7. The van der Waals surface area contributed by atoms with Crippen molar-refractivity contribution in [2.75, 3.05) is 39.3 Å². The summed E-state index contributed by atoms with van der Waals surface area (Å²) in [6.07, 6.45) is 1.94. The van der Waals surface area contributed by atoms with E-state index in [-0.39, 0.29) is 12.5 Å². The number of benzene rings is 2. The fourth-order valence-electron chi connectivity index (χ4n) is 2.73. The van der Waals surface area contributed by atoms with Crippen LogP contribution in [0, 0.1) is 6.92 Å². The van der Waals surface area contributed by atoms with Gasteiger partial charge in [-0.3, -0.25) is 14.4 Å². The summed E-state index contributed by atoms with van der Waals surface area (Å²) in [5.41, 5.74) is 4.42. The number of amides is 3. The molecule has 0 aliphatic heterocycles. The predicted molar refractivity (Wildman–Crippen MR) is 131 cm³/mol. The molecule has 2 aromatic rings. The van der Waals surface area contributed by atoms with Crippen LogP contribution in [0.4, 0.5) is 5.69 Å². The first-order valence-electron chi connectivity index (χ1n) is 10.3. The van der Waals surface area contributed by atoms with Crippen LogP contribution in [0.2, 0.25) is 0 Å². The largest absolute Gasteiger partial charge is 0.493 e. The molecule has 10 nitrogen and oxygen atoms in total. The summed E-state index contributed by atoms with van der Waals surface area (Å²) in [6, 6.07) is 10.7. The highest BCUT2D eigenvalue weighted by Crippen LogP contribution is 2.36. The molecule has 0 saturated heterocycles. The maximum atomic E-state index is 12.2. The van der Waals surface area contributed by atoms with Crippen molar-refractivity contribution in [3.63, 3.8) is 0 Å². The molecule has 3 N–H and O–H groups in total. The Hall–Kier alpha value is -3.44. The molecular weight excluding hydrogens is 508 g/mol. The van der Waals surface area contributed by atoms with E-state index in [2.05, 4.69) is 37.1 Å². The van der Waals surface area contributed by atoms with Crippen molar-refractivity contribution < 1.29 is 28.6 Å². The van der Waals surface area contributed by atoms with Crippen LogP contribution in [0.25, 0.3) is 0 Å². The molecule has 0 heterocycles. The zero-order chi connectivity index (χ0) is 24.9. The molecule has 0 atom stereocenters. The first-order valence-corrected chi connectivity index (χ1v) is 11.1. The van der Waals surface area contributed by atoms with Gasteiger partial charge < -0.3 is 24.8 Å². The van der Waals surface area contributed by atoms with E-state index >= 15 is 0 Å². The van der Waals surface area contributed by atoms with Crippen LogP contribution >= 0.6 is 15.9 Å². The molecule has 0 fully saturated rings. The number of aryl methyl sites for hydroxylation is 1. The summed E-state index contributed by atoms with van der Waals surface area (Å²) in [5, 5.41) is 9.02. The third-order valence-corrected chi connectivity index (χ3v) is 4.89. The third kappa shape index (κ3) is 8.83. The van der Waals surface area contributed by atoms with E-state index in [1.807, 2.05) is 25.1 Å². The van der Waals surface area contributed by atoms with Gasteiger partial charge in [-0.05, 0) is 64.7 Å². The highest BCUT2D eigenvalue weighted by molar-refractivity contribution is 9.10. The average Bonchev–Trinajstić information content (AvgIpc) is 2.80. The van der Waals surface area contributed by atoms with Crippen LogP contribution in [0.3, 0.4) is 0 Å². The Morgan fingerprint density at radius 1 is 1.12 bits per heavy atom. The molecule has 0 unspecified atom stereocenters. The minimum Gasteiger partial charge on any atom is -0.493 e. The van der Waals surface area contributed by atoms with Crippen molar-refractivity contribution >= 4 is 45.6 Å². The second kappa shape index (κ2) is 14.0. The number of halogens is 1. The lowest BCUT2D eigenvalue weighted by Crippen LogP contribution is -2.38. The van der Waals surface area contributed by atoms with Crippen molar-refractivity contribution in [3.05, 3.63) is 52.0 Å². The van der Waals surface area contributed by atoms with E-state index in [4.69, 9.17) is 14.2 Å². The van der Waals surface area contributed by atoms with Gasteiger partial charge in [0.15, 0.2) is 18.1 Å². The molecule has 0 radical (unpaired) electrons. The zero-order valence-electron chi connectivity index (χ0n) is 19.1. The van der Waals surface area contributed by atoms with E-state index in [9.17, 15) is 14.4 Å². The van der Waals surface area contributed by atoms with Gasteiger partial charge >= 0.3 is 11.8 Å². The van der Waals surface area contributed by atoms with Gasteiger partial charge in [0.1, 0.15) is 0 Å². The number of nitrogens with one attached hydrogen (secondary N) is 3. The fraction of sp³-hybridized carbons (Fsp3) is 0.304. The molecule has 11 heteroatoms. The highest BCUT2D eigenvalue weighted by atomic mass is 79.9. The van der Waals surface area contributed by atoms with Gasteiger partial charge in [0.25, 0.3) is 5.91 Å². The molecule has 3 amide bonds. The number of ether oxygens (including phenoxy) is 3. The van der Waals surface area contributed by atoms with Crippen molar-refractivity contribution in [1.82, 2.24) is 10.7 Å². The molecule has 2 rings (SSSR count). The Kier molecular flexibility index (Phi) is 11.0. The second-order valence-corrected chi connectivity index (χ2v) is 7.90. The normalized spacial score (nSPS) is 10.6. The Morgan fingerprint density at radius 2 is 1.91 bits per heavy atom. The predicted octanol–water partition coefficient (Wildman–Crippen LogP) is 2.39. The molecule has 2 aromatic carbocycles. The van der Waals surface area contributed by atoms with Crippen LogP contribution in [-0.2, 0) is 19.1 Å². The number of carbonyl (C=O) groups is 3. The molecule has 0 aliphatic rings. The van der Waals surface area contributed by atoms with E-state index in [0.717, 1.165) is 5.56 Å². The molecule has 0 bridgehead atoms. The minimum atomic E-state index is -0.890. The van der Waals surface area contributed by atoms with E-state index in [1.165, 1.54) is 13.3 Å². The van der Waals surface area contributed by atoms with Crippen molar-refractivity contribution in [2.45, 2.75) is 13.3 Å². The number of carbonyl (C=O) groups excluding carboxylic acids is 3. The topological polar surface area (TPSA) is 127 Å². The molecule has 0 aliphatic carbocycles. The molecule has 0 spiro atoms. The lowest BCUT2D eigenvalue weighted by Gasteiger charge is -2.13. The van der Waals surface area contributed by atoms with Gasteiger partial charge in [0.05, 0.1) is 17.8 Å². The van der Waals surface area contributed by atoms with E-state index in [0.29, 0.717) is 46.8 Å². The number of hydrogen-bond acceptors (Lipinski definition) is 7. The number of nitrogens with zero attached hydrogens (tertiary/aromatic N) is 1. The minimum absolute atomic E-state index is 0.230. The van der Waals surface area contributed by atoms with Gasteiger partial charge in [0.2, 0.25) is 0 Å². The van der Waals surface area contributed by atoms with Crippen LogP contribution in [0.5, 0.6) is 11.5 Å². The number of rotatable bonds is 11. The number of hydrogen-bond donors (Lipinski definition) is 3. The number of hydrazone groups is 1. The Balaban J connectivity index is 1.93. The quantitative estimate of drug-likeness (QED) is 0.176. The Labute approximate surface area is 206 Å². The molecule has 0 saturated carbocycles.